The molecular weight excluding hydrogens is 717 g/mol. The molecule has 5 aliphatic heterocycles. The van der Waals surface area contributed by atoms with Crippen LogP contribution in [0.5, 0.6) is 0 Å². The molecule has 4 nitrogen and oxygen atoms in total. The third kappa shape index (κ3) is 21.4. The summed E-state index contributed by atoms with van der Waals surface area (Å²) in [5.74, 6) is 3.81. The van der Waals surface area contributed by atoms with Crippen LogP contribution in [-0.2, 0) is 0 Å². The van der Waals surface area contributed by atoms with Gasteiger partial charge in [0.15, 0.2) is 0 Å². The number of rotatable bonds is 4. The van der Waals surface area contributed by atoms with Gasteiger partial charge in [-0.3, -0.25) is 19.6 Å². The van der Waals surface area contributed by atoms with Crippen LogP contribution in [0.4, 0.5) is 0 Å². The summed E-state index contributed by atoms with van der Waals surface area (Å²) in [6, 6.07) is 1.75. The summed E-state index contributed by atoms with van der Waals surface area (Å²) in [5.41, 5.74) is 3.52. The van der Waals surface area contributed by atoms with Gasteiger partial charge < -0.3 is 0 Å². The van der Waals surface area contributed by atoms with Gasteiger partial charge in [0, 0.05) is 53.9 Å². The molecule has 5 aliphatic rings. The summed E-state index contributed by atoms with van der Waals surface area (Å²) < 4.78 is 0. The summed E-state index contributed by atoms with van der Waals surface area (Å²) in [6.45, 7) is 64.2. The second kappa shape index (κ2) is 20.8. The van der Waals surface area contributed by atoms with E-state index in [4.69, 9.17) is 0 Å². The lowest BCUT2D eigenvalue weighted by molar-refractivity contribution is -0.00290. The average Bonchev–Trinajstić information content (AvgIpc) is 3.54. The van der Waals surface area contributed by atoms with Crippen LogP contribution >= 0.6 is 0 Å². The Balaban J connectivity index is 0.000000273. The minimum absolute atomic E-state index is 0.368. The highest BCUT2D eigenvalue weighted by Gasteiger charge is 2.45. The van der Waals surface area contributed by atoms with Gasteiger partial charge in [0.05, 0.1) is 0 Å². The molecule has 5 fully saturated rings. The van der Waals surface area contributed by atoms with Gasteiger partial charge in [-0.25, -0.2) is 0 Å². The molecule has 0 aliphatic carbocycles. The molecule has 4 heteroatoms. The van der Waals surface area contributed by atoms with Gasteiger partial charge in [0.2, 0.25) is 0 Å². The van der Waals surface area contributed by atoms with E-state index in [9.17, 15) is 0 Å². The van der Waals surface area contributed by atoms with Crippen molar-refractivity contribution in [3.8, 4) is 0 Å². The number of hydrogen-bond donors (Lipinski definition) is 0. The second-order valence-corrected chi connectivity index (χ2v) is 29.7. The minimum Gasteiger partial charge on any atom is -0.298 e. The molecule has 2 bridgehead atoms. The third-order valence-electron chi connectivity index (χ3n) is 13.9. The fourth-order valence-corrected chi connectivity index (χ4v) is 11.7. The molecule has 0 spiro atoms. The first-order valence-electron chi connectivity index (χ1n) is 25.3. The van der Waals surface area contributed by atoms with E-state index in [2.05, 4.69) is 186 Å². The van der Waals surface area contributed by atoms with Crippen molar-refractivity contribution in [1.82, 2.24) is 19.6 Å². The summed E-state index contributed by atoms with van der Waals surface area (Å²) in [4.78, 5) is 10.7. The van der Waals surface area contributed by atoms with Crippen LogP contribution in [0.2, 0.25) is 0 Å². The molecule has 352 valence electrons. The zero-order valence-corrected chi connectivity index (χ0v) is 45.3. The fraction of sp³-hybridized carbons (Fsp3) is 1.00. The number of piperidine rings is 2. The average molecular weight is 830 g/mol. The predicted octanol–water partition coefficient (Wildman–Crippen LogP) is 15.1. The molecule has 59 heavy (non-hydrogen) atoms. The minimum atomic E-state index is 0.368. The summed E-state index contributed by atoms with van der Waals surface area (Å²) in [6.07, 6.45) is 15.5. The molecular formula is C55H112N4. The molecule has 0 radical (unpaired) electrons. The highest BCUT2D eigenvalue weighted by Crippen LogP contribution is 2.46. The van der Waals surface area contributed by atoms with E-state index in [1.165, 1.54) is 110 Å². The van der Waals surface area contributed by atoms with Crippen LogP contribution in [0.15, 0.2) is 0 Å². The van der Waals surface area contributed by atoms with Crippen molar-refractivity contribution in [1.29, 1.82) is 0 Å². The first kappa shape index (κ1) is 55.0. The zero-order chi connectivity index (χ0) is 45.8. The van der Waals surface area contributed by atoms with E-state index in [1.54, 1.807) is 0 Å². The van der Waals surface area contributed by atoms with Crippen molar-refractivity contribution in [3.63, 3.8) is 0 Å². The standard InChI is InChI=1S/C16H31N.C14H29N.C13H27N.C12H25N/c1-15(2,3)11-12-9-13-7-8-14(10-12)17(13)16(4,5)6;1-13(2,3)11-12-7-9-15(10-8-12)14(4,5)6;1-12(2,3)9-11-7-8-14(10-11)13(4,5)6;1-11(2,3)7-10-8-13(9-10)12(4,5)6/h12-14H,7-11H2,1-6H3;12H,7-11H2,1-6H3;11H,7-10H2,1-6H3;10H,7-9H2,1-6H3. The topological polar surface area (TPSA) is 13.0 Å². The van der Waals surface area contributed by atoms with E-state index < -0.39 is 0 Å². The lowest BCUT2D eigenvalue weighted by Gasteiger charge is -2.49. The zero-order valence-electron chi connectivity index (χ0n) is 45.3. The van der Waals surface area contributed by atoms with Crippen molar-refractivity contribution < 1.29 is 0 Å². The van der Waals surface area contributed by atoms with Crippen LogP contribution in [0.25, 0.3) is 0 Å². The molecule has 0 N–H and O–H groups in total. The van der Waals surface area contributed by atoms with Crippen LogP contribution < -0.4 is 0 Å². The number of likely N-dealkylation sites (tertiary alicyclic amines) is 3. The van der Waals surface area contributed by atoms with Crippen LogP contribution in [0.3, 0.4) is 0 Å². The molecule has 0 amide bonds. The maximum Gasteiger partial charge on any atom is 0.0130 e. The van der Waals surface area contributed by atoms with Gasteiger partial charge in [0.25, 0.3) is 0 Å². The molecule has 5 heterocycles. The predicted molar refractivity (Wildman–Crippen MR) is 266 cm³/mol. The smallest absolute Gasteiger partial charge is 0.0130 e. The normalized spacial score (nSPS) is 26.6. The van der Waals surface area contributed by atoms with Crippen LogP contribution in [-0.4, -0.2) is 93.1 Å². The maximum atomic E-state index is 2.83. The van der Waals surface area contributed by atoms with Gasteiger partial charge in [-0.1, -0.05) is 83.1 Å². The molecule has 5 saturated heterocycles. The Morgan fingerprint density at radius 3 is 0.949 bits per heavy atom. The Labute approximate surface area is 373 Å². The lowest BCUT2D eigenvalue weighted by Crippen LogP contribution is -2.56. The fourth-order valence-electron chi connectivity index (χ4n) is 11.7. The number of fused-ring (bicyclic) bond motifs is 2. The summed E-state index contributed by atoms with van der Waals surface area (Å²) in [7, 11) is 0. The largest absolute Gasteiger partial charge is 0.298 e. The van der Waals surface area contributed by atoms with E-state index in [0.29, 0.717) is 43.8 Å². The Morgan fingerprint density at radius 1 is 0.305 bits per heavy atom. The van der Waals surface area contributed by atoms with Gasteiger partial charge in [-0.05, 0) is 219 Å². The first-order chi connectivity index (χ1) is 26.2. The van der Waals surface area contributed by atoms with E-state index in [1.807, 2.05) is 0 Å². The first-order valence-corrected chi connectivity index (χ1v) is 25.3. The SMILES string of the molecule is CC(C)(C)CC1CC2CCC(C1)N2C(C)(C)C.CC(C)(C)CC1CCN(C(C)(C)C)C1.CC(C)(C)CC1CCN(C(C)(C)C)CC1.CC(C)(C)CC1CN(C(C)(C)C)C1. The molecule has 0 saturated carbocycles. The van der Waals surface area contributed by atoms with Crippen molar-refractivity contribution in [3.05, 3.63) is 0 Å². The van der Waals surface area contributed by atoms with Crippen molar-refractivity contribution in [2.75, 3.05) is 39.3 Å². The van der Waals surface area contributed by atoms with Crippen molar-refractivity contribution >= 4 is 0 Å². The highest BCUT2D eigenvalue weighted by molar-refractivity contribution is 5.00. The lowest BCUT2D eigenvalue weighted by atomic mass is 9.77. The van der Waals surface area contributed by atoms with Gasteiger partial charge in [-0.15, -0.1) is 0 Å². The van der Waals surface area contributed by atoms with Gasteiger partial charge >= 0.3 is 0 Å². The van der Waals surface area contributed by atoms with Crippen LogP contribution in [0, 0.1) is 45.3 Å². The third-order valence-corrected chi connectivity index (χ3v) is 13.9. The number of nitrogens with zero attached hydrogens (tertiary/aromatic N) is 4. The van der Waals surface area contributed by atoms with E-state index >= 15 is 0 Å². The monoisotopic (exact) mass is 829 g/mol. The Kier molecular flexibility index (Phi) is 19.4. The van der Waals surface area contributed by atoms with Crippen molar-refractivity contribution in [2.45, 2.75) is 271 Å². The molecule has 5 rings (SSSR count). The van der Waals surface area contributed by atoms with E-state index in [0.717, 1.165) is 35.8 Å². The Morgan fingerprint density at radius 2 is 0.610 bits per heavy atom. The van der Waals surface area contributed by atoms with Gasteiger partial charge in [0.1, 0.15) is 0 Å². The molecule has 0 aromatic carbocycles. The summed E-state index contributed by atoms with van der Waals surface area (Å²) in [5, 5.41) is 0. The molecule has 0 aromatic heterocycles. The molecule has 3 atom stereocenters. The van der Waals surface area contributed by atoms with Crippen molar-refractivity contribution in [2.24, 2.45) is 45.3 Å². The quantitative estimate of drug-likeness (QED) is 0.280. The molecule has 3 unspecified atom stereocenters. The molecule has 0 aromatic rings. The summed E-state index contributed by atoms with van der Waals surface area (Å²) >= 11 is 0. The van der Waals surface area contributed by atoms with Gasteiger partial charge in [-0.2, -0.15) is 0 Å². The number of hydrogen-bond acceptors (Lipinski definition) is 4. The van der Waals surface area contributed by atoms with Crippen LogP contribution in [0.1, 0.15) is 237 Å². The Bertz CT molecular complexity index is 1170. The Hall–Kier alpha value is -0.160. The second-order valence-electron chi connectivity index (χ2n) is 29.7. The highest BCUT2D eigenvalue weighted by atomic mass is 15.3. The van der Waals surface area contributed by atoms with E-state index in [-0.39, 0.29) is 0 Å². The maximum absolute atomic E-state index is 2.83.